The van der Waals surface area contributed by atoms with E-state index in [2.05, 4.69) is 0 Å². The van der Waals surface area contributed by atoms with Crippen molar-refractivity contribution >= 4 is 6.09 Å². The van der Waals surface area contributed by atoms with Gasteiger partial charge in [0, 0.05) is 12.0 Å². The number of carbonyl (C=O) groups excluding carboxylic acids is 1. The molecule has 4 nitrogen and oxygen atoms in total. The molecule has 1 heterocycles. The fourth-order valence-corrected chi connectivity index (χ4v) is 3.56. The molecule has 3 rings (SSSR count). The average Bonchev–Trinajstić information content (AvgIpc) is 3.03. The number of benzene rings is 1. The van der Waals surface area contributed by atoms with Crippen LogP contribution in [0.4, 0.5) is 4.79 Å². The summed E-state index contributed by atoms with van der Waals surface area (Å²) >= 11 is 0. The van der Waals surface area contributed by atoms with Gasteiger partial charge in [0.05, 0.1) is 12.6 Å². The maximum absolute atomic E-state index is 12.5. The van der Waals surface area contributed by atoms with Gasteiger partial charge in [-0.25, -0.2) is 4.79 Å². The molecule has 0 bridgehead atoms. The van der Waals surface area contributed by atoms with Crippen molar-refractivity contribution in [2.24, 2.45) is 11.3 Å². The molecular formula is C17H23NO3. The molecule has 4 heteroatoms. The van der Waals surface area contributed by atoms with Crippen molar-refractivity contribution in [2.75, 3.05) is 13.2 Å². The van der Waals surface area contributed by atoms with E-state index < -0.39 is 5.60 Å². The van der Waals surface area contributed by atoms with Gasteiger partial charge in [-0.3, -0.25) is 0 Å². The van der Waals surface area contributed by atoms with Crippen LogP contribution in [0.1, 0.15) is 38.8 Å². The number of ether oxygens (including phenoxy) is 1. The quantitative estimate of drug-likeness (QED) is 0.910. The molecule has 1 saturated carbocycles. The molecule has 21 heavy (non-hydrogen) atoms. The molecule has 1 aliphatic carbocycles. The lowest BCUT2D eigenvalue weighted by Crippen LogP contribution is -2.40. The predicted molar refractivity (Wildman–Crippen MR) is 79.7 cm³/mol. The Labute approximate surface area is 125 Å². The number of rotatable bonds is 2. The van der Waals surface area contributed by atoms with E-state index in [0.29, 0.717) is 12.5 Å². The molecule has 0 radical (unpaired) electrons. The zero-order valence-electron chi connectivity index (χ0n) is 12.9. The molecule has 3 unspecified atom stereocenters. The van der Waals surface area contributed by atoms with Crippen LogP contribution in [-0.4, -0.2) is 34.9 Å². The highest BCUT2D eigenvalue weighted by Gasteiger charge is 2.67. The highest BCUT2D eigenvalue weighted by Crippen LogP contribution is 2.67. The molecule has 114 valence electrons. The number of piperidine rings is 1. The lowest BCUT2D eigenvalue weighted by Gasteiger charge is -2.33. The van der Waals surface area contributed by atoms with Crippen LogP contribution in [0, 0.1) is 11.3 Å². The number of aliphatic hydroxyl groups is 1. The van der Waals surface area contributed by atoms with Crippen LogP contribution in [0.5, 0.6) is 0 Å². The van der Waals surface area contributed by atoms with E-state index in [9.17, 15) is 9.90 Å². The number of fused-ring (bicyclic) bond motifs is 1. The third-order valence-electron chi connectivity index (χ3n) is 4.59. The Bertz CT molecular complexity index is 533. The van der Waals surface area contributed by atoms with Crippen LogP contribution in [0.2, 0.25) is 0 Å². The van der Waals surface area contributed by atoms with Crippen LogP contribution >= 0.6 is 0 Å². The van der Waals surface area contributed by atoms with Crippen molar-refractivity contribution in [1.29, 1.82) is 0 Å². The normalized spacial score (nSPS) is 31.0. The van der Waals surface area contributed by atoms with Crippen molar-refractivity contribution in [3.8, 4) is 0 Å². The van der Waals surface area contributed by atoms with Crippen LogP contribution in [-0.2, 0) is 4.74 Å². The molecule has 1 aliphatic heterocycles. The van der Waals surface area contributed by atoms with Gasteiger partial charge in [-0.05, 0) is 38.7 Å². The Morgan fingerprint density at radius 3 is 2.62 bits per heavy atom. The topological polar surface area (TPSA) is 49.8 Å². The van der Waals surface area contributed by atoms with Crippen molar-refractivity contribution in [3.05, 3.63) is 35.9 Å². The first-order chi connectivity index (χ1) is 9.87. The van der Waals surface area contributed by atoms with E-state index in [1.165, 1.54) is 0 Å². The number of likely N-dealkylation sites (tertiary alicyclic amines) is 1. The Hall–Kier alpha value is -1.55. The van der Waals surface area contributed by atoms with E-state index in [1.54, 1.807) is 4.90 Å². The Morgan fingerprint density at radius 2 is 2.05 bits per heavy atom. The zero-order valence-corrected chi connectivity index (χ0v) is 12.9. The average molecular weight is 289 g/mol. The van der Waals surface area contributed by atoms with Crippen LogP contribution in [0.15, 0.2) is 30.3 Å². The summed E-state index contributed by atoms with van der Waals surface area (Å²) in [6.45, 7) is 6.43. The SMILES string of the molecule is CC(C)(C)OC(=O)N1CC2CC2(CO)C1c1ccccc1. The van der Waals surface area contributed by atoms with E-state index in [0.717, 1.165) is 12.0 Å². The van der Waals surface area contributed by atoms with Crippen LogP contribution in [0.25, 0.3) is 0 Å². The number of carbonyl (C=O) groups is 1. The molecule has 1 N–H and O–H groups in total. The van der Waals surface area contributed by atoms with Gasteiger partial charge in [0.2, 0.25) is 0 Å². The van der Waals surface area contributed by atoms with Gasteiger partial charge in [-0.2, -0.15) is 0 Å². The largest absolute Gasteiger partial charge is 0.444 e. The maximum atomic E-state index is 12.5. The summed E-state index contributed by atoms with van der Waals surface area (Å²) in [5.41, 5.74) is 0.410. The summed E-state index contributed by atoms with van der Waals surface area (Å²) in [4.78, 5) is 14.3. The molecule has 1 saturated heterocycles. The first kappa shape index (κ1) is 14.4. The predicted octanol–water partition coefficient (Wildman–Crippen LogP) is 2.98. The van der Waals surface area contributed by atoms with Gasteiger partial charge in [0.25, 0.3) is 0 Å². The molecule has 2 aliphatic rings. The summed E-state index contributed by atoms with van der Waals surface area (Å²) in [5.74, 6) is 0.389. The summed E-state index contributed by atoms with van der Waals surface area (Å²) in [6, 6.07) is 9.89. The maximum Gasteiger partial charge on any atom is 0.410 e. The Morgan fingerprint density at radius 1 is 1.38 bits per heavy atom. The summed E-state index contributed by atoms with van der Waals surface area (Å²) in [6.07, 6.45) is 0.707. The van der Waals surface area contributed by atoms with Gasteiger partial charge < -0.3 is 14.7 Å². The highest BCUT2D eigenvalue weighted by molar-refractivity contribution is 5.70. The Balaban J connectivity index is 1.89. The number of aliphatic hydroxyl groups excluding tert-OH is 1. The van der Waals surface area contributed by atoms with Crippen molar-refractivity contribution in [1.82, 2.24) is 4.90 Å². The van der Waals surface area contributed by atoms with Gasteiger partial charge in [0.15, 0.2) is 0 Å². The van der Waals surface area contributed by atoms with Gasteiger partial charge in [-0.15, -0.1) is 0 Å². The molecular weight excluding hydrogens is 266 g/mol. The second kappa shape index (κ2) is 4.73. The Kier molecular flexibility index (Phi) is 3.24. The number of hydrogen-bond acceptors (Lipinski definition) is 3. The van der Waals surface area contributed by atoms with Gasteiger partial charge in [0.1, 0.15) is 5.60 Å². The van der Waals surface area contributed by atoms with E-state index in [4.69, 9.17) is 4.74 Å². The lowest BCUT2D eigenvalue weighted by molar-refractivity contribution is 0.0131. The first-order valence-electron chi connectivity index (χ1n) is 7.53. The van der Waals surface area contributed by atoms with E-state index in [1.807, 2.05) is 51.1 Å². The molecule has 0 aromatic heterocycles. The number of hydrogen-bond donors (Lipinski definition) is 1. The van der Waals surface area contributed by atoms with Crippen molar-refractivity contribution in [2.45, 2.75) is 38.8 Å². The van der Waals surface area contributed by atoms with Crippen molar-refractivity contribution in [3.63, 3.8) is 0 Å². The minimum Gasteiger partial charge on any atom is -0.444 e. The molecule has 1 aromatic carbocycles. The van der Waals surface area contributed by atoms with Crippen molar-refractivity contribution < 1.29 is 14.6 Å². The third-order valence-corrected chi connectivity index (χ3v) is 4.59. The van der Waals surface area contributed by atoms with Crippen LogP contribution < -0.4 is 0 Å². The van der Waals surface area contributed by atoms with Gasteiger partial charge >= 0.3 is 6.09 Å². The molecule has 0 spiro atoms. The molecule has 3 atom stereocenters. The van der Waals surface area contributed by atoms with Gasteiger partial charge in [-0.1, -0.05) is 30.3 Å². The highest BCUT2D eigenvalue weighted by atomic mass is 16.6. The standard InChI is InChI=1S/C17H23NO3/c1-16(2,3)21-15(20)18-10-13-9-17(13,11-19)14(18)12-7-5-4-6-8-12/h4-8,13-14,19H,9-11H2,1-3H3. The van der Waals surface area contributed by atoms with E-state index >= 15 is 0 Å². The second-order valence-corrected chi connectivity index (χ2v) is 7.24. The first-order valence-corrected chi connectivity index (χ1v) is 7.53. The smallest absolute Gasteiger partial charge is 0.410 e. The molecule has 1 amide bonds. The summed E-state index contributed by atoms with van der Waals surface area (Å²) in [7, 11) is 0. The monoisotopic (exact) mass is 289 g/mol. The fourth-order valence-electron chi connectivity index (χ4n) is 3.56. The number of amides is 1. The fraction of sp³-hybridized carbons (Fsp3) is 0.588. The van der Waals surface area contributed by atoms with E-state index in [-0.39, 0.29) is 24.2 Å². The second-order valence-electron chi connectivity index (χ2n) is 7.24. The zero-order chi connectivity index (χ0) is 15.3. The summed E-state index contributed by atoms with van der Waals surface area (Å²) < 4.78 is 5.54. The lowest BCUT2D eigenvalue weighted by atomic mass is 9.91. The minimum atomic E-state index is -0.503. The third kappa shape index (κ3) is 2.42. The molecule has 2 fully saturated rings. The van der Waals surface area contributed by atoms with Crippen LogP contribution in [0.3, 0.4) is 0 Å². The molecule has 1 aromatic rings. The minimum absolute atomic E-state index is 0.0800. The summed E-state index contributed by atoms with van der Waals surface area (Å²) in [5, 5.41) is 9.85. The number of nitrogens with zero attached hydrogens (tertiary/aromatic N) is 1.